The second-order valence-electron chi connectivity index (χ2n) is 9.52. The number of rotatable bonds is 8. The van der Waals surface area contributed by atoms with E-state index in [0.29, 0.717) is 12.8 Å². The molecule has 6 nitrogen and oxygen atoms in total. The van der Waals surface area contributed by atoms with Crippen LogP contribution in [-0.4, -0.2) is 51.8 Å². The molecule has 2 aromatic heterocycles. The first-order chi connectivity index (χ1) is 15.8. The number of nitrogens with one attached hydrogen (secondary N) is 1. The number of benzene rings is 1. The first-order valence-corrected chi connectivity index (χ1v) is 12.3. The fourth-order valence-electron chi connectivity index (χ4n) is 4.98. The third-order valence-electron chi connectivity index (χ3n) is 7.08. The lowest BCUT2D eigenvalue weighted by molar-refractivity contribution is -0.121. The van der Waals surface area contributed by atoms with Crippen molar-refractivity contribution in [1.82, 2.24) is 25.0 Å². The maximum atomic E-state index is 12.5. The van der Waals surface area contributed by atoms with Crippen molar-refractivity contribution in [2.45, 2.75) is 66.7 Å². The Balaban J connectivity index is 1.45. The van der Waals surface area contributed by atoms with Crippen LogP contribution in [0, 0.1) is 34.6 Å². The number of hydrogen-bond donors (Lipinski definition) is 1. The van der Waals surface area contributed by atoms with E-state index in [0.717, 1.165) is 53.2 Å². The summed E-state index contributed by atoms with van der Waals surface area (Å²) in [4.78, 5) is 19.9. The zero-order valence-electron chi connectivity index (χ0n) is 20.8. The van der Waals surface area contributed by atoms with Gasteiger partial charge in [0.15, 0.2) is 5.65 Å². The average Bonchev–Trinajstić information content (AvgIpc) is 3.41. The van der Waals surface area contributed by atoms with Crippen molar-refractivity contribution in [1.29, 1.82) is 0 Å². The second-order valence-corrected chi connectivity index (χ2v) is 9.52. The summed E-state index contributed by atoms with van der Waals surface area (Å²) in [6.07, 6.45) is 4.84. The van der Waals surface area contributed by atoms with Crippen LogP contribution in [0.15, 0.2) is 18.2 Å². The first-order valence-electron chi connectivity index (χ1n) is 12.3. The van der Waals surface area contributed by atoms with Gasteiger partial charge in [0, 0.05) is 24.0 Å². The number of aromatic nitrogens is 3. The fourth-order valence-corrected chi connectivity index (χ4v) is 4.98. The Hall–Kier alpha value is -2.73. The van der Waals surface area contributed by atoms with Crippen LogP contribution in [0.2, 0.25) is 0 Å². The lowest BCUT2D eigenvalue weighted by atomic mass is 9.99. The minimum atomic E-state index is 0.123. The summed E-state index contributed by atoms with van der Waals surface area (Å²) in [5.74, 6) is 0.123. The van der Waals surface area contributed by atoms with Gasteiger partial charge in [-0.25, -0.2) is 9.67 Å². The van der Waals surface area contributed by atoms with Gasteiger partial charge in [-0.1, -0.05) is 6.07 Å². The highest BCUT2D eigenvalue weighted by atomic mass is 16.1. The number of amides is 1. The van der Waals surface area contributed by atoms with Gasteiger partial charge in [-0.2, -0.15) is 5.10 Å². The van der Waals surface area contributed by atoms with Crippen LogP contribution < -0.4 is 5.32 Å². The van der Waals surface area contributed by atoms with Crippen LogP contribution in [0.25, 0.3) is 16.7 Å². The maximum absolute atomic E-state index is 12.5. The SMILES string of the molecule is Cc1ccc(-n2nc(C)c3c(C)c(CCC(=O)NCCCN4CCCC4)c(C)nc32)cc1C. The standard InChI is InChI=1S/C27H37N5O/c1-18-9-10-23(17-19(18)2)32-27-26(22(5)30-32)20(3)24(21(4)29-27)11-12-25(33)28-13-8-16-31-14-6-7-15-31/h9-10,17H,6-8,11-16H2,1-5H3,(H,28,33). The Bertz CT molecular complexity index is 1160. The van der Waals surface area contributed by atoms with E-state index in [-0.39, 0.29) is 5.91 Å². The smallest absolute Gasteiger partial charge is 0.220 e. The van der Waals surface area contributed by atoms with E-state index in [2.05, 4.69) is 49.2 Å². The lowest BCUT2D eigenvalue weighted by Gasteiger charge is -2.14. The van der Waals surface area contributed by atoms with Crippen molar-refractivity contribution < 1.29 is 4.79 Å². The van der Waals surface area contributed by atoms with Gasteiger partial charge in [0.05, 0.1) is 11.4 Å². The molecule has 0 aliphatic carbocycles. The van der Waals surface area contributed by atoms with Crippen molar-refractivity contribution in [3.63, 3.8) is 0 Å². The number of fused-ring (bicyclic) bond motifs is 1. The van der Waals surface area contributed by atoms with Crippen LogP contribution in [0.1, 0.15) is 59.3 Å². The van der Waals surface area contributed by atoms with E-state index in [1.54, 1.807) is 0 Å². The Labute approximate surface area is 197 Å². The summed E-state index contributed by atoms with van der Waals surface area (Å²) in [5.41, 5.74) is 8.73. The summed E-state index contributed by atoms with van der Waals surface area (Å²) >= 11 is 0. The number of carbonyl (C=O) groups excluding carboxylic acids is 1. The number of nitrogens with zero attached hydrogens (tertiary/aromatic N) is 4. The molecule has 6 heteroatoms. The van der Waals surface area contributed by atoms with Crippen molar-refractivity contribution in [2.75, 3.05) is 26.2 Å². The predicted molar refractivity (Wildman–Crippen MR) is 134 cm³/mol. The molecule has 1 aliphatic rings. The number of carbonyl (C=O) groups is 1. The van der Waals surface area contributed by atoms with Crippen LogP contribution in [0.5, 0.6) is 0 Å². The molecule has 1 aliphatic heterocycles. The Morgan fingerprint density at radius 1 is 1.03 bits per heavy atom. The van der Waals surface area contributed by atoms with Crippen molar-refractivity contribution in [3.8, 4) is 5.69 Å². The Morgan fingerprint density at radius 3 is 2.52 bits per heavy atom. The zero-order chi connectivity index (χ0) is 23.5. The monoisotopic (exact) mass is 447 g/mol. The molecule has 1 fully saturated rings. The minimum absolute atomic E-state index is 0.123. The molecule has 0 radical (unpaired) electrons. The number of pyridine rings is 1. The highest BCUT2D eigenvalue weighted by Crippen LogP contribution is 2.28. The van der Waals surface area contributed by atoms with E-state index in [4.69, 9.17) is 10.1 Å². The molecule has 176 valence electrons. The maximum Gasteiger partial charge on any atom is 0.220 e. The summed E-state index contributed by atoms with van der Waals surface area (Å²) in [6.45, 7) is 14.7. The lowest BCUT2D eigenvalue weighted by Crippen LogP contribution is -2.28. The molecular weight excluding hydrogens is 410 g/mol. The molecule has 1 aromatic carbocycles. The van der Waals surface area contributed by atoms with Crippen LogP contribution >= 0.6 is 0 Å². The molecule has 1 saturated heterocycles. The fraction of sp³-hybridized carbons (Fsp3) is 0.519. The van der Waals surface area contributed by atoms with Gasteiger partial charge in [-0.05, 0) is 114 Å². The number of likely N-dealkylation sites (tertiary alicyclic amines) is 1. The van der Waals surface area contributed by atoms with Crippen LogP contribution in [0.4, 0.5) is 0 Å². The summed E-state index contributed by atoms with van der Waals surface area (Å²) in [5, 5.41) is 9.02. The zero-order valence-corrected chi connectivity index (χ0v) is 20.8. The topological polar surface area (TPSA) is 63.1 Å². The van der Waals surface area contributed by atoms with Gasteiger partial charge in [-0.3, -0.25) is 4.79 Å². The molecular formula is C27H37N5O. The number of aryl methyl sites for hydroxylation is 5. The molecule has 33 heavy (non-hydrogen) atoms. The van der Waals surface area contributed by atoms with Gasteiger partial charge < -0.3 is 10.2 Å². The minimum Gasteiger partial charge on any atom is -0.356 e. The van der Waals surface area contributed by atoms with Crippen molar-refractivity contribution >= 4 is 16.9 Å². The summed E-state index contributed by atoms with van der Waals surface area (Å²) in [6, 6.07) is 6.39. The molecule has 0 atom stereocenters. The molecule has 4 rings (SSSR count). The average molecular weight is 448 g/mol. The quantitative estimate of drug-likeness (QED) is 0.517. The van der Waals surface area contributed by atoms with E-state index in [1.165, 1.54) is 42.6 Å². The number of hydrogen-bond acceptors (Lipinski definition) is 4. The Kier molecular flexibility index (Phi) is 7.13. The van der Waals surface area contributed by atoms with Gasteiger partial charge in [0.1, 0.15) is 0 Å². The second kappa shape index (κ2) is 10.0. The molecule has 3 aromatic rings. The normalized spacial score (nSPS) is 14.3. The largest absolute Gasteiger partial charge is 0.356 e. The summed E-state index contributed by atoms with van der Waals surface area (Å²) in [7, 11) is 0. The molecule has 0 unspecified atom stereocenters. The molecule has 0 bridgehead atoms. The highest BCUT2D eigenvalue weighted by molar-refractivity contribution is 5.85. The van der Waals surface area contributed by atoms with E-state index >= 15 is 0 Å². The first kappa shape index (κ1) is 23.4. The van der Waals surface area contributed by atoms with E-state index in [1.807, 2.05) is 18.5 Å². The van der Waals surface area contributed by atoms with E-state index in [9.17, 15) is 4.79 Å². The van der Waals surface area contributed by atoms with Crippen molar-refractivity contribution in [3.05, 3.63) is 51.8 Å². The summed E-state index contributed by atoms with van der Waals surface area (Å²) < 4.78 is 1.95. The third kappa shape index (κ3) is 5.11. The van der Waals surface area contributed by atoms with E-state index < -0.39 is 0 Å². The molecule has 0 saturated carbocycles. The molecule has 1 amide bonds. The van der Waals surface area contributed by atoms with Gasteiger partial charge in [-0.15, -0.1) is 0 Å². The molecule has 3 heterocycles. The predicted octanol–water partition coefficient (Wildman–Crippen LogP) is 4.50. The molecule has 1 N–H and O–H groups in total. The van der Waals surface area contributed by atoms with Crippen LogP contribution in [-0.2, 0) is 11.2 Å². The van der Waals surface area contributed by atoms with Crippen LogP contribution in [0.3, 0.4) is 0 Å². The van der Waals surface area contributed by atoms with Crippen molar-refractivity contribution in [2.24, 2.45) is 0 Å². The van der Waals surface area contributed by atoms with Gasteiger partial charge >= 0.3 is 0 Å². The highest BCUT2D eigenvalue weighted by Gasteiger charge is 2.18. The molecule has 0 spiro atoms. The third-order valence-corrected chi connectivity index (χ3v) is 7.08. The van der Waals surface area contributed by atoms with Gasteiger partial charge in [0.25, 0.3) is 0 Å². The Morgan fingerprint density at radius 2 is 1.79 bits per heavy atom. The van der Waals surface area contributed by atoms with Gasteiger partial charge in [0.2, 0.25) is 5.91 Å².